The fourth-order valence-corrected chi connectivity index (χ4v) is 2.71. The predicted octanol–water partition coefficient (Wildman–Crippen LogP) is 2.18. The Morgan fingerprint density at radius 1 is 1.21 bits per heavy atom. The van der Waals surface area contributed by atoms with E-state index in [0.29, 0.717) is 0 Å². The van der Waals surface area contributed by atoms with Crippen LogP contribution in [-0.4, -0.2) is 36.3 Å². The molecule has 0 saturated heterocycles. The molecule has 0 aromatic carbocycles. The van der Waals surface area contributed by atoms with E-state index in [-0.39, 0.29) is 18.4 Å². The largest absolute Gasteiger partial charge is 0.354 e. The number of hydrogen-bond donors (Lipinski definition) is 1. The summed E-state index contributed by atoms with van der Waals surface area (Å²) in [5.41, 5.74) is 3.57. The average molecular weight is 269 g/mol. The van der Waals surface area contributed by atoms with Gasteiger partial charge in [0.25, 0.3) is 0 Å². The summed E-state index contributed by atoms with van der Waals surface area (Å²) in [7, 11) is 3.31. The Morgan fingerprint density at radius 3 is 2.21 bits per heavy atom. The van der Waals surface area contributed by atoms with Gasteiger partial charge in [0.1, 0.15) is 0 Å². The van der Waals surface area contributed by atoms with Gasteiger partial charge < -0.3 is 14.8 Å². The topological polar surface area (TPSA) is 48.3 Å². The standard InChI is InChI=1S/C14H27N3O2/c1-8-17-12(5)13(10(3)16-17)9(2)15-11(4)14(18-6)19-7/h9,11,14-15H,8H2,1-7H3. The summed E-state index contributed by atoms with van der Waals surface area (Å²) in [5, 5.41) is 8.07. The number of rotatable bonds is 7. The van der Waals surface area contributed by atoms with Gasteiger partial charge in [0.15, 0.2) is 6.29 Å². The Labute approximate surface area is 116 Å². The molecule has 1 N–H and O–H groups in total. The normalized spacial score (nSPS) is 14.9. The predicted molar refractivity (Wildman–Crippen MR) is 76.2 cm³/mol. The van der Waals surface area contributed by atoms with Crippen molar-refractivity contribution in [1.82, 2.24) is 15.1 Å². The summed E-state index contributed by atoms with van der Waals surface area (Å²) in [6, 6.07) is 0.317. The highest BCUT2D eigenvalue weighted by Gasteiger charge is 2.22. The second kappa shape index (κ2) is 7.03. The number of nitrogens with zero attached hydrogens (tertiary/aromatic N) is 2. The molecule has 0 aliphatic heterocycles. The molecule has 5 heteroatoms. The third-order valence-electron chi connectivity index (χ3n) is 3.56. The fourth-order valence-electron chi connectivity index (χ4n) is 2.71. The van der Waals surface area contributed by atoms with Crippen LogP contribution in [0.1, 0.15) is 43.8 Å². The van der Waals surface area contributed by atoms with Crippen LogP contribution >= 0.6 is 0 Å². The lowest BCUT2D eigenvalue weighted by Crippen LogP contribution is -2.41. The number of aromatic nitrogens is 2. The van der Waals surface area contributed by atoms with Crippen molar-refractivity contribution < 1.29 is 9.47 Å². The van der Waals surface area contributed by atoms with Gasteiger partial charge in [-0.25, -0.2) is 0 Å². The van der Waals surface area contributed by atoms with Gasteiger partial charge in [-0.05, 0) is 34.6 Å². The van der Waals surface area contributed by atoms with Crippen LogP contribution in [0, 0.1) is 13.8 Å². The van der Waals surface area contributed by atoms with Crippen LogP contribution in [0.4, 0.5) is 0 Å². The molecule has 1 aromatic rings. The van der Waals surface area contributed by atoms with E-state index in [2.05, 4.69) is 45.0 Å². The van der Waals surface area contributed by atoms with Crippen LogP contribution in [0.5, 0.6) is 0 Å². The summed E-state index contributed by atoms with van der Waals surface area (Å²) < 4.78 is 12.6. The molecule has 0 spiro atoms. The van der Waals surface area contributed by atoms with Crippen molar-refractivity contribution in [2.45, 2.75) is 59.5 Å². The van der Waals surface area contributed by atoms with Gasteiger partial charge in [0, 0.05) is 38.1 Å². The van der Waals surface area contributed by atoms with Crippen molar-refractivity contribution in [3.63, 3.8) is 0 Å². The van der Waals surface area contributed by atoms with Crippen LogP contribution in [-0.2, 0) is 16.0 Å². The van der Waals surface area contributed by atoms with Crippen molar-refractivity contribution in [1.29, 1.82) is 0 Å². The Balaban J connectivity index is 2.83. The molecule has 0 radical (unpaired) electrons. The fraction of sp³-hybridized carbons (Fsp3) is 0.786. The van der Waals surface area contributed by atoms with Crippen LogP contribution in [0.3, 0.4) is 0 Å². The summed E-state index contributed by atoms with van der Waals surface area (Å²) in [6.07, 6.45) is -0.246. The molecule has 2 unspecified atom stereocenters. The van der Waals surface area contributed by atoms with Gasteiger partial charge in [-0.2, -0.15) is 5.10 Å². The minimum Gasteiger partial charge on any atom is -0.354 e. The maximum Gasteiger partial charge on any atom is 0.171 e. The molecule has 5 nitrogen and oxygen atoms in total. The lowest BCUT2D eigenvalue weighted by atomic mass is 10.1. The van der Waals surface area contributed by atoms with E-state index in [9.17, 15) is 0 Å². The van der Waals surface area contributed by atoms with Gasteiger partial charge in [-0.3, -0.25) is 4.68 Å². The van der Waals surface area contributed by atoms with Gasteiger partial charge >= 0.3 is 0 Å². The van der Waals surface area contributed by atoms with E-state index in [1.807, 2.05) is 4.68 Å². The third-order valence-corrected chi connectivity index (χ3v) is 3.56. The number of nitrogens with one attached hydrogen (secondary N) is 1. The second-order valence-corrected chi connectivity index (χ2v) is 4.92. The third kappa shape index (κ3) is 3.55. The molecule has 0 aliphatic rings. The Kier molecular flexibility index (Phi) is 5.97. The van der Waals surface area contributed by atoms with Gasteiger partial charge in [-0.1, -0.05) is 0 Å². The van der Waals surface area contributed by atoms with E-state index in [1.54, 1.807) is 14.2 Å². The minimum absolute atomic E-state index is 0.105. The molecule has 19 heavy (non-hydrogen) atoms. The summed E-state index contributed by atoms with van der Waals surface area (Å²) >= 11 is 0. The second-order valence-electron chi connectivity index (χ2n) is 4.92. The lowest BCUT2D eigenvalue weighted by molar-refractivity contribution is -0.120. The maximum atomic E-state index is 5.28. The van der Waals surface area contributed by atoms with Crippen LogP contribution in [0.2, 0.25) is 0 Å². The molecule has 0 aliphatic carbocycles. The zero-order valence-electron chi connectivity index (χ0n) is 13.2. The zero-order valence-corrected chi connectivity index (χ0v) is 13.2. The summed E-state index contributed by atoms with van der Waals surface area (Å²) in [5.74, 6) is 0. The smallest absolute Gasteiger partial charge is 0.171 e. The Hall–Kier alpha value is -0.910. The highest BCUT2D eigenvalue weighted by atomic mass is 16.7. The van der Waals surface area contributed by atoms with Crippen LogP contribution in [0.15, 0.2) is 0 Å². The minimum atomic E-state index is -0.246. The van der Waals surface area contributed by atoms with Crippen LogP contribution < -0.4 is 5.32 Å². The SMILES string of the molecule is CCn1nc(C)c(C(C)NC(C)C(OC)OC)c1C. The first kappa shape index (κ1) is 16.1. The molecule has 0 saturated carbocycles. The average Bonchev–Trinajstić information content (AvgIpc) is 2.65. The number of aryl methyl sites for hydroxylation is 2. The lowest BCUT2D eigenvalue weighted by Gasteiger charge is -2.26. The number of hydrogen-bond acceptors (Lipinski definition) is 4. The molecule has 0 fully saturated rings. The molecule has 1 heterocycles. The van der Waals surface area contributed by atoms with E-state index in [0.717, 1.165) is 12.2 Å². The molecule has 2 atom stereocenters. The Morgan fingerprint density at radius 2 is 1.79 bits per heavy atom. The van der Waals surface area contributed by atoms with E-state index in [1.165, 1.54) is 11.3 Å². The van der Waals surface area contributed by atoms with Crippen molar-refractivity contribution in [2.75, 3.05) is 14.2 Å². The van der Waals surface area contributed by atoms with Gasteiger partial charge in [0.05, 0.1) is 11.7 Å². The van der Waals surface area contributed by atoms with E-state index < -0.39 is 0 Å². The molecular formula is C14H27N3O2. The number of methoxy groups -OCH3 is 2. The first-order valence-electron chi connectivity index (χ1n) is 6.81. The molecule has 0 bridgehead atoms. The molecule has 1 aromatic heterocycles. The van der Waals surface area contributed by atoms with Gasteiger partial charge in [0.2, 0.25) is 0 Å². The number of ether oxygens (including phenoxy) is 2. The molecule has 1 rings (SSSR count). The van der Waals surface area contributed by atoms with Crippen LogP contribution in [0.25, 0.3) is 0 Å². The highest BCUT2D eigenvalue weighted by molar-refractivity contribution is 5.27. The van der Waals surface area contributed by atoms with E-state index in [4.69, 9.17) is 9.47 Å². The molecular weight excluding hydrogens is 242 g/mol. The molecule has 110 valence electrons. The van der Waals surface area contributed by atoms with Crippen molar-refractivity contribution in [3.8, 4) is 0 Å². The van der Waals surface area contributed by atoms with E-state index >= 15 is 0 Å². The zero-order chi connectivity index (χ0) is 14.6. The first-order chi connectivity index (χ1) is 8.96. The highest BCUT2D eigenvalue weighted by Crippen LogP contribution is 2.22. The van der Waals surface area contributed by atoms with Crippen molar-refractivity contribution >= 4 is 0 Å². The monoisotopic (exact) mass is 269 g/mol. The Bertz CT molecular complexity index is 400. The molecule has 0 amide bonds. The van der Waals surface area contributed by atoms with Crippen molar-refractivity contribution in [3.05, 3.63) is 17.0 Å². The quantitative estimate of drug-likeness (QED) is 0.771. The summed E-state index contributed by atoms with van der Waals surface area (Å²) in [6.45, 7) is 11.4. The summed E-state index contributed by atoms with van der Waals surface area (Å²) in [4.78, 5) is 0. The maximum absolute atomic E-state index is 5.28. The van der Waals surface area contributed by atoms with Gasteiger partial charge in [-0.15, -0.1) is 0 Å². The van der Waals surface area contributed by atoms with Crippen molar-refractivity contribution in [2.24, 2.45) is 0 Å². The first-order valence-corrected chi connectivity index (χ1v) is 6.81.